The molecule has 0 fully saturated rings. The van der Waals surface area contributed by atoms with Gasteiger partial charge in [-0.15, -0.1) is 0 Å². The first kappa shape index (κ1) is 17.2. The average Bonchev–Trinajstić information content (AvgIpc) is 3.02. The Morgan fingerprint density at radius 3 is 2.74 bits per heavy atom. The molecule has 0 radical (unpaired) electrons. The van der Waals surface area contributed by atoms with Crippen LogP contribution < -0.4 is 11.2 Å². The van der Waals surface area contributed by atoms with E-state index in [2.05, 4.69) is 25.9 Å². The molecule has 27 heavy (non-hydrogen) atoms. The van der Waals surface area contributed by atoms with Crippen molar-refractivity contribution >= 4 is 39.5 Å². The van der Waals surface area contributed by atoms with Gasteiger partial charge in [0.05, 0.1) is 11.4 Å². The van der Waals surface area contributed by atoms with E-state index in [9.17, 15) is 14.7 Å². The summed E-state index contributed by atoms with van der Waals surface area (Å²) in [5.41, 5.74) is 2.19. The highest BCUT2D eigenvalue weighted by Crippen LogP contribution is 2.35. The zero-order valence-electron chi connectivity index (χ0n) is 14.2. The fourth-order valence-corrected chi connectivity index (χ4v) is 3.40. The molecule has 0 saturated carbocycles. The Morgan fingerprint density at radius 2 is 1.96 bits per heavy atom. The standard InChI is InChI=1S/C20H14BrN3O3/c1-11-4-2-3-5-17(11)24-19(26)15(18(25)23-20(24)27)8-12-10-22-16-7-6-13(21)9-14(12)16/h2-10,26H,1H3,(H,23,25,27). The average molecular weight is 424 g/mol. The number of hydrogen-bond acceptors (Lipinski definition) is 4. The van der Waals surface area contributed by atoms with Gasteiger partial charge in [-0.2, -0.15) is 0 Å². The van der Waals surface area contributed by atoms with E-state index in [1.807, 2.05) is 37.3 Å². The van der Waals surface area contributed by atoms with Crippen LogP contribution in [0.3, 0.4) is 0 Å². The predicted molar refractivity (Wildman–Crippen MR) is 109 cm³/mol. The topological polar surface area (TPSA) is 87.4 Å². The number of aryl methyl sites for hydroxylation is 1. The second kappa shape index (κ2) is 6.51. The zero-order chi connectivity index (χ0) is 19.1. The van der Waals surface area contributed by atoms with Gasteiger partial charge in [0.1, 0.15) is 5.56 Å². The number of aromatic amines is 1. The van der Waals surface area contributed by atoms with Crippen LogP contribution in [0.5, 0.6) is 5.88 Å². The van der Waals surface area contributed by atoms with Gasteiger partial charge in [-0.1, -0.05) is 34.1 Å². The molecule has 0 bridgehead atoms. The number of benzene rings is 2. The maximum Gasteiger partial charge on any atom is 0.335 e. The van der Waals surface area contributed by atoms with Gasteiger partial charge >= 0.3 is 5.69 Å². The van der Waals surface area contributed by atoms with Crippen LogP contribution in [0.15, 0.2) is 61.5 Å². The van der Waals surface area contributed by atoms with E-state index in [1.54, 1.807) is 18.3 Å². The van der Waals surface area contributed by atoms with Crippen LogP contribution in [0.1, 0.15) is 16.7 Å². The molecule has 0 amide bonds. The Hall–Kier alpha value is -3.19. The number of allylic oxidation sites excluding steroid dienone is 1. The molecule has 2 N–H and O–H groups in total. The molecule has 6 nitrogen and oxygen atoms in total. The Kier molecular flexibility index (Phi) is 4.16. The molecular weight excluding hydrogens is 410 g/mol. The largest absolute Gasteiger partial charge is 0.494 e. The van der Waals surface area contributed by atoms with Crippen LogP contribution in [0.25, 0.3) is 17.3 Å². The molecule has 1 aromatic heterocycles. The highest BCUT2D eigenvalue weighted by Gasteiger charge is 2.18. The van der Waals surface area contributed by atoms with Crippen molar-refractivity contribution in [1.29, 1.82) is 0 Å². The summed E-state index contributed by atoms with van der Waals surface area (Å²) in [4.78, 5) is 31.3. The van der Waals surface area contributed by atoms with Crippen LogP contribution in [0.2, 0.25) is 0 Å². The van der Waals surface area contributed by atoms with Crippen molar-refractivity contribution in [3.05, 3.63) is 84.5 Å². The van der Waals surface area contributed by atoms with Crippen molar-refractivity contribution in [3.63, 3.8) is 0 Å². The molecule has 4 rings (SSSR count). The van der Waals surface area contributed by atoms with E-state index in [-0.39, 0.29) is 5.56 Å². The molecule has 2 heterocycles. The normalized spacial score (nSPS) is 13.9. The van der Waals surface area contributed by atoms with E-state index >= 15 is 0 Å². The Morgan fingerprint density at radius 1 is 1.19 bits per heavy atom. The van der Waals surface area contributed by atoms with Crippen LogP contribution in [0, 0.1) is 6.92 Å². The zero-order valence-corrected chi connectivity index (χ0v) is 15.8. The Bertz CT molecular complexity index is 1250. The highest BCUT2D eigenvalue weighted by molar-refractivity contribution is 9.10. The lowest BCUT2D eigenvalue weighted by atomic mass is 10.1. The highest BCUT2D eigenvalue weighted by atomic mass is 79.9. The van der Waals surface area contributed by atoms with Crippen molar-refractivity contribution in [1.82, 2.24) is 9.55 Å². The molecule has 0 atom stereocenters. The van der Waals surface area contributed by atoms with Crippen molar-refractivity contribution in [2.45, 2.75) is 6.92 Å². The predicted octanol–water partition coefficient (Wildman–Crippen LogP) is 3.56. The minimum atomic E-state index is -0.697. The number of H-pyrrole nitrogens is 1. The summed E-state index contributed by atoms with van der Waals surface area (Å²) in [5.74, 6) is -0.414. The number of aliphatic imine (C=N–C) groups is 1. The molecule has 0 unspecified atom stereocenters. The third-order valence-corrected chi connectivity index (χ3v) is 4.88. The molecule has 0 aliphatic carbocycles. The second-order valence-electron chi connectivity index (χ2n) is 6.14. The maximum atomic E-state index is 12.4. The third-order valence-electron chi connectivity index (χ3n) is 4.39. The molecule has 0 spiro atoms. The van der Waals surface area contributed by atoms with E-state index < -0.39 is 17.1 Å². The summed E-state index contributed by atoms with van der Waals surface area (Å²) in [6, 6.07) is 12.7. The van der Waals surface area contributed by atoms with Crippen LogP contribution in [-0.4, -0.2) is 20.9 Å². The first-order chi connectivity index (χ1) is 13.0. The Balaban J connectivity index is 1.95. The van der Waals surface area contributed by atoms with Crippen LogP contribution in [-0.2, 0) is 0 Å². The lowest BCUT2D eigenvalue weighted by Gasteiger charge is -2.12. The maximum absolute atomic E-state index is 12.4. The monoisotopic (exact) mass is 423 g/mol. The van der Waals surface area contributed by atoms with Crippen LogP contribution in [0.4, 0.5) is 5.69 Å². The SMILES string of the molecule is Cc1ccccc1-n1c(O)c(C=C2C=Nc3ccc(Br)cc32)c(=O)[nH]c1=O. The second-order valence-corrected chi connectivity index (χ2v) is 7.05. The summed E-state index contributed by atoms with van der Waals surface area (Å²) in [7, 11) is 0. The molecule has 1 aliphatic heterocycles. The van der Waals surface area contributed by atoms with Gasteiger partial charge in [-0.3, -0.25) is 14.8 Å². The van der Waals surface area contributed by atoms with Gasteiger partial charge in [0, 0.05) is 21.8 Å². The van der Waals surface area contributed by atoms with E-state index in [0.717, 1.165) is 25.9 Å². The van der Waals surface area contributed by atoms with Crippen molar-refractivity contribution in [2.75, 3.05) is 0 Å². The first-order valence-electron chi connectivity index (χ1n) is 8.15. The van der Waals surface area contributed by atoms with Crippen LogP contribution >= 0.6 is 15.9 Å². The molecule has 3 aromatic rings. The number of fused-ring (bicyclic) bond motifs is 1. The number of rotatable bonds is 2. The van der Waals surface area contributed by atoms with Crippen molar-refractivity contribution in [2.24, 2.45) is 4.99 Å². The summed E-state index contributed by atoms with van der Waals surface area (Å²) in [6.45, 7) is 1.82. The summed E-state index contributed by atoms with van der Waals surface area (Å²) in [5, 5.41) is 10.7. The van der Waals surface area contributed by atoms with Gasteiger partial charge in [-0.25, -0.2) is 9.36 Å². The van der Waals surface area contributed by atoms with E-state index in [0.29, 0.717) is 11.3 Å². The van der Waals surface area contributed by atoms with E-state index in [4.69, 9.17) is 0 Å². The summed E-state index contributed by atoms with van der Waals surface area (Å²) in [6.07, 6.45) is 3.16. The van der Waals surface area contributed by atoms with Gasteiger partial charge in [0.25, 0.3) is 5.56 Å². The molecule has 2 aromatic carbocycles. The Labute approximate surface area is 162 Å². The number of hydrogen-bond donors (Lipinski definition) is 2. The fraction of sp³-hybridized carbons (Fsp3) is 0.0500. The first-order valence-corrected chi connectivity index (χ1v) is 8.95. The smallest absolute Gasteiger partial charge is 0.335 e. The molecule has 134 valence electrons. The number of halogens is 1. The number of nitrogens with zero attached hydrogens (tertiary/aromatic N) is 2. The number of aromatic hydroxyl groups is 1. The minimum Gasteiger partial charge on any atom is -0.494 e. The van der Waals surface area contributed by atoms with Crippen molar-refractivity contribution < 1.29 is 5.11 Å². The molecule has 0 saturated heterocycles. The van der Waals surface area contributed by atoms with Crippen molar-refractivity contribution in [3.8, 4) is 11.6 Å². The van der Waals surface area contributed by atoms with Gasteiger partial charge in [0.2, 0.25) is 5.88 Å². The summed E-state index contributed by atoms with van der Waals surface area (Å²) >= 11 is 3.42. The number of aromatic nitrogens is 2. The van der Waals surface area contributed by atoms with E-state index in [1.165, 1.54) is 6.08 Å². The summed E-state index contributed by atoms with van der Waals surface area (Å²) < 4.78 is 1.97. The lowest BCUT2D eigenvalue weighted by molar-refractivity contribution is 0.429. The fourth-order valence-electron chi connectivity index (χ4n) is 3.04. The van der Waals surface area contributed by atoms with Gasteiger partial charge < -0.3 is 5.11 Å². The molecule has 1 aliphatic rings. The third kappa shape index (κ3) is 2.96. The lowest BCUT2D eigenvalue weighted by Crippen LogP contribution is -2.30. The molecule has 7 heteroatoms. The quantitative estimate of drug-likeness (QED) is 0.660. The minimum absolute atomic E-state index is 0.00729. The number of para-hydroxylation sites is 1. The molecular formula is C20H14BrN3O3. The van der Waals surface area contributed by atoms with Gasteiger partial charge in [0.15, 0.2) is 0 Å². The number of nitrogens with one attached hydrogen (secondary N) is 1. The van der Waals surface area contributed by atoms with Gasteiger partial charge in [-0.05, 0) is 42.8 Å².